The maximum atomic E-state index is 12.7. The fourth-order valence-electron chi connectivity index (χ4n) is 2.60. The molecule has 0 fully saturated rings. The van der Waals surface area contributed by atoms with Gasteiger partial charge >= 0.3 is 0 Å². The molecule has 2 heterocycles. The second-order valence-electron chi connectivity index (χ2n) is 5.95. The van der Waals surface area contributed by atoms with Crippen molar-refractivity contribution in [1.29, 1.82) is 0 Å². The molecule has 146 valence electrons. The summed E-state index contributed by atoms with van der Waals surface area (Å²) in [5, 5.41) is 17.7. The van der Waals surface area contributed by atoms with E-state index in [0.29, 0.717) is 41.5 Å². The Balaban J connectivity index is 1.64. The van der Waals surface area contributed by atoms with Crippen molar-refractivity contribution in [2.45, 2.75) is 0 Å². The van der Waals surface area contributed by atoms with Gasteiger partial charge in [-0.1, -0.05) is 52.7 Å². The minimum absolute atomic E-state index is 0.254. The molecular formula is C19H12Cl3N5OS. The highest BCUT2D eigenvalue weighted by molar-refractivity contribution is 7.18. The maximum absolute atomic E-state index is 12.7. The van der Waals surface area contributed by atoms with E-state index in [4.69, 9.17) is 34.8 Å². The molecule has 0 atom stereocenters. The first-order valence-corrected chi connectivity index (χ1v) is 10.2. The minimum atomic E-state index is -0.254. The molecule has 0 aliphatic heterocycles. The molecule has 6 nitrogen and oxygen atoms in total. The number of H-pyrrole nitrogens is 1. The van der Waals surface area contributed by atoms with E-state index in [1.807, 2.05) is 0 Å². The van der Waals surface area contributed by atoms with Crippen molar-refractivity contribution in [2.75, 3.05) is 5.32 Å². The van der Waals surface area contributed by atoms with Crippen molar-refractivity contribution < 1.29 is 0 Å². The predicted molar refractivity (Wildman–Crippen MR) is 120 cm³/mol. The summed E-state index contributed by atoms with van der Waals surface area (Å²) in [7, 11) is 0. The van der Waals surface area contributed by atoms with Crippen LogP contribution in [-0.2, 0) is 0 Å². The smallest absolute Gasteiger partial charge is 0.280 e. The molecule has 0 aliphatic rings. The molecular weight excluding hydrogens is 453 g/mol. The highest BCUT2D eigenvalue weighted by Gasteiger charge is 2.11. The molecule has 0 amide bonds. The molecule has 0 radical (unpaired) electrons. The van der Waals surface area contributed by atoms with Crippen molar-refractivity contribution in [2.24, 2.45) is 0 Å². The third-order valence-corrected chi connectivity index (χ3v) is 5.70. The molecule has 29 heavy (non-hydrogen) atoms. The van der Waals surface area contributed by atoms with Crippen molar-refractivity contribution >= 4 is 64.1 Å². The van der Waals surface area contributed by atoms with Gasteiger partial charge in [0.15, 0.2) is 5.01 Å². The highest BCUT2D eigenvalue weighted by atomic mass is 35.5. The van der Waals surface area contributed by atoms with Crippen molar-refractivity contribution in [3.8, 4) is 16.3 Å². The van der Waals surface area contributed by atoms with E-state index in [0.717, 1.165) is 5.56 Å². The van der Waals surface area contributed by atoms with Gasteiger partial charge in [0, 0.05) is 21.8 Å². The highest BCUT2D eigenvalue weighted by Crippen LogP contribution is 2.33. The molecule has 10 heteroatoms. The molecule has 0 unspecified atom stereocenters. The van der Waals surface area contributed by atoms with Crippen LogP contribution in [0.25, 0.3) is 29.0 Å². The number of hydrogen-bond donors (Lipinski definition) is 2. The fourth-order valence-corrected chi connectivity index (χ4v) is 4.04. The largest absolute Gasteiger partial charge is 0.336 e. The van der Waals surface area contributed by atoms with Crippen LogP contribution in [0.3, 0.4) is 0 Å². The van der Waals surface area contributed by atoms with Crippen LogP contribution in [0.2, 0.25) is 15.1 Å². The maximum Gasteiger partial charge on any atom is 0.280 e. The lowest BCUT2D eigenvalue weighted by Crippen LogP contribution is -2.34. The van der Waals surface area contributed by atoms with Gasteiger partial charge in [-0.3, -0.25) is 9.89 Å². The van der Waals surface area contributed by atoms with Gasteiger partial charge in [-0.05, 0) is 42.5 Å². The quantitative estimate of drug-likeness (QED) is 0.480. The Morgan fingerprint density at radius 3 is 2.52 bits per heavy atom. The average molecular weight is 465 g/mol. The third kappa shape index (κ3) is 4.09. The van der Waals surface area contributed by atoms with E-state index < -0.39 is 0 Å². The molecule has 2 N–H and O–H groups in total. The van der Waals surface area contributed by atoms with E-state index in [1.165, 1.54) is 16.0 Å². The average Bonchev–Trinajstić information content (AvgIpc) is 3.26. The first-order valence-electron chi connectivity index (χ1n) is 8.24. The minimum Gasteiger partial charge on any atom is -0.336 e. The van der Waals surface area contributed by atoms with Gasteiger partial charge in [0.25, 0.3) is 5.56 Å². The van der Waals surface area contributed by atoms with E-state index in [1.54, 1.807) is 48.7 Å². The zero-order chi connectivity index (χ0) is 20.5. The zero-order valence-electron chi connectivity index (χ0n) is 14.6. The molecule has 2 aromatic carbocycles. The fraction of sp³-hybridized carbons (Fsp3) is 0. The van der Waals surface area contributed by atoms with E-state index in [-0.39, 0.29) is 5.56 Å². The second kappa shape index (κ2) is 8.04. The molecule has 2 aromatic heterocycles. The van der Waals surface area contributed by atoms with Crippen molar-refractivity contribution in [1.82, 2.24) is 20.0 Å². The molecule has 0 aliphatic carbocycles. The van der Waals surface area contributed by atoms with E-state index in [2.05, 4.69) is 27.2 Å². The summed E-state index contributed by atoms with van der Waals surface area (Å²) in [6.45, 7) is 3.89. The molecule has 0 saturated carbocycles. The first kappa shape index (κ1) is 19.7. The monoisotopic (exact) mass is 463 g/mol. The molecule has 0 bridgehead atoms. The lowest BCUT2D eigenvalue weighted by atomic mass is 10.2. The van der Waals surface area contributed by atoms with Crippen LogP contribution in [0.15, 0.2) is 47.3 Å². The number of nitrogens with one attached hydrogen (secondary N) is 2. The second-order valence-corrected chi connectivity index (χ2v) is 8.20. The van der Waals surface area contributed by atoms with Crippen LogP contribution in [0.4, 0.5) is 5.13 Å². The van der Waals surface area contributed by atoms with Crippen LogP contribution >= 0.6 is 46.1 Å². The number of nitrogens with zero attached hydrogens (tertiary/aromatic N) is 3. The number of aromatic amines is 1. The molecule has 0 saturated heterocycles. The van der Waals surface area contributed by atoms with Crippen molar-refractivity contribution in [3.05, 3.63) is 78.5 Å². The third-order valence-electron chi connectivity index (χ3n) is 4.02. The SMILES string of the molecule is C=c1[nH]n(-c2ccc(Cl)cc2)c(=O)/c1=C\Nc1nnc(-c2ccc(Cl)cc2Cl)s1. The Labute approximate surface area is 183 Å². The van der Waals surface area contributed by atoms with Gasteiger partial charge in [0.05, 0.1) is 21.3 Å². The van der Waals surface area contributed by atoms with Gasteiger partial charge in [-0.2, -0.15) is 0 Å². The van der Waals surface area contributed by atoms with Crippen LogP contribution in [0, 0.1) is 0 Å². The molecule has 0 spiro atoms. The zero-order valence-corrected chi connectivity index (χ0v) is 17.7. The number of halogens is 3. The normalized spacial score (nSPS) is 11.8. The summed E-state index contributed by atoms with van der Waals surface area (Å²) < 4.78 is 1.39. The van der Waals surface area contributed by atoms with Crippen LogP contribution < -0.4 is 21.4 Å². The summed E-state index contributed by atoms with van der Waals surface area (Å²) in [6.07, 6.45) is 1.54. The number of rotatable bonds is 4. The number of hydrogen-bond acceptors (Lipinski definition) is 5. The summed E-state index contributed by atoms with van der Waals surface area (Å²) >= 11 is 19.3. The summed E-state index contributed by atoms with van der Waals surface area (Å²) in [6, 6.07) is 12.1. The lowest BCUT2D eigenvalue weighted by Gasteiger charge is -2.00. The lowest BCUT2D eigenvalue weighted by molar-refractivity contribution is 0.838. The van der Waals surface area contributed by atoms with Gasteiger partial charge in [0.1, 0.15) is 0 Å². The summed E-state index contributed by atoms with van der Waals surface area (Å²) in [5.41, 5.74) is 1.13. The Morgan fingerprint density at radius 1 is 1.07 bits per heavy atom. The van der Waals surface area contributed by atoms with Gasteiger partial charge in [-0.15, -0.1) is 10.2 Å². The van der Waals surface area contributed by atoms with Crippen molar-refractivity contribution in [3.63, 3.8) is 0 Å². The first-order chi connectivity index (χ1) is 13.9. The standard InChI is InChI=1S/C19H12Cl3N5OS/c1-10-15(18(28)27(26-10)13-5-2-11(20)3-6-13)9-23-19-25-24-17(29-19)14-7-4-12(21)8-16(14)22/h2-9,26H,1H2,(H,23,25)/b15-9-. The molecule has 4 aromatic rings. The van der Waals surface area contributed by atoms with Gasteiger partial charge in [-0.25, -0.2) is 4.68 Å². The van der Waals surface area contributed by atoms with E-state index in [9.17, 15) is 4.79 Å². The summed E-state index contributed by atoms with van der Waals surface area (Å²) in [5.74, 6) is 0. The van der Waals surface area contributed by atoms with Gasteiger partial charge < -0.3 is 5.32 Å². The Bertz CT molecular complexity index is 1360. The summed E-state index contributed by atoms with van der Waals surface area (Å²) in [4.78, 5) is 12.7. The Hall–Kier alpha value is -2.58. The number of aromatic nitrogens is 4. The number of anilines is 1. The topological polar surface area (TPSA) is 75.6 Å². The number of benzene rings is 2. The van der Waals surface area contributed by atoms with E-state index >= 15 is 0 Å². The van der Waals surface area contributed by atoms with Crippen LogP contribution in [0.1, 0.15) is 0 Å². The Kier molecular flexibility index (Phi) is 5.47. The van der Waals surface area contributed by atoms with Crippen LogP contribution in [-0.4, -0.2) is 20.0 Å². The Morgan fingerprint density at radius 2 is 1.79 bits per heavy atom. The van der Waals surface area contributed by atoms with Gasteiger partial charge in [0.2, 0.25) is 5.13 Å². The molecule has 4 rings (SSSR count). The van der Waals surface area contributed by atoms with Crippen LogP contribution in [0.5, 0.6) is 0 Å². The predicted octanol–water partition coefficient (Wildman–Crippen LogP) is 3.90.